The molecule has 17 heavy (non-hydrogen) atoms. The van der Waals surface area contributed by atoms with Gasteiger partial charge in [-0.1, -0.05) is 19.1 Å². The summed E-state index contributed by atoms with van der Waals surface area (Å²) in [4.78, 5) is 0. The van der Waals surface area contributed by atoms with Gasteiger partial charge in [0.1, 0.15) is 5.75 Å². The summed E-state index contributed by atoms with van der Waals surface area (Å²) in [6.45, 7) is 8.30. The van der Waals surface area contributed by atoms with E-state index in [1.807, 2.05) is 19.1 Å². The van der Waals surface area contributed by atoms with Crippen molar-refractivity contribution in [3.8, 4) is 5.75 Å². The Morgan fingerprint density at radius 3 is 2.47 bits per heavy atom. The van der Waals surface area contributed by atoms with Gasteiger partial charge in [-0.2, -0.15) is 0 Å². The molecular formula is C14H23NO2. The van der Waals surface area contributed by atoms with E-state index in [1.165, 1.54) is 5.56 Å². The SMILES string of the molecule is CCNCCOCCc1ccc(OCC)cc1. The van der Waals surface area contributed by atoms with E-state index in [9.17, 15) is 0 Å². The third-order valence-electron chi connectivity index (χ3n) is 2.44. The molecule has 0 aromatic heterocycles. The minimum absolute atomic E-state index is 0.715. The molecule has 0 aliphatic carbocycles. The summed E-state index contributed by atoms with van der Waals surface area (Å²) in [6.07, 6.45) is 0.957. The van der Waals surface area contributed by atoms with Crippen LogP contribution < -0.4 is 10.1 Å². The molecular weight excluding hydrogens is 214 g/mol. The van der Waals surface area contributed by atoms with E-state index in [0.29, 0.717) is 6.61 Å². The molecule has 1 aromatic rings. The van der Waals surface area contributed by atoms with Gasteiger partial charge in [0.15, 0.2) is 0 Å². The smallest absolute Gasteiger partial charge is 0.119 e. The van der Waals surface area contributed by atoms with Crippen LogP contribution in [0.3, 0.4) is 0 Å². The fourth-order valence-corrected chi connectivity index (χ4v) is 1.53. The molecule has 0 aliphatic heterocycles. The van der Waals surface area contributed by atoms with Crippen LogP contribution in [0.4, 0.5) is 0 Å². The Hall–Kier alpha value is -1.06. The zero-order valence-electron chi connectivity index (χ0n) is 10.9. The zero-order valence-corrected chi connectivity index (χ0v) is 10.9. The van der Waals surface area contributed by atoms with Crippen LogP contribution in [0, 0.1) is 0 Å². The molecule has 0 saturated carbocycles. The molecule has 0 radical (unpaired) electrons. The first kappa shape index (κ1) is 14.0. The quantitative estimate of drug-likeness (QED) is 0.668. The maximum Gasteiger partial charge on any atom is 0.119 e. The van der Waals surface area contributed by atoms with Gasteiger partial charge in [-0.25, -0.2) is 0 Å². The van der Waals surface area contributed by atoms with E-state index in [0.717, 1.165) is 38.5 Å². The van der Waals surface area contributed by atoms with Crippen LogP contribution in [0.5, 0.6) is 5.75 Å². The largest absolute Gasteiger partial charge is 0.494 e. The fourth-order valence-electron chi connectivity index (χ4n) is 1.53. The number of nitrogens with one attached hydrogen (secondary N) is 1. The van der Waals surface area contributed by atoms with Crippen LogP contribution in [0.2, 0.25) is 0 Å². The molecule has 96 valence electrons. The van der Waals surface area contributed by atoms with Crippen LogP contribution in [-0.2, 0) is 11.2 Å². The van der Waals surface area contributed by atoms with Crippen LogP contribution in [0.15, 0.2) is 24.3 Å². The molecule has 1 rings (SSSR count). The topological polar surface area (TPSA) is 30.5 Å². The Morgan fingerprint density at radius 1 is 1.06 bits per heavy atom. The van der Waals surface area contributed by atoms with E-state index < -0.39 is 0 Å². The van der Waals surface area contributed by atoms with Gasteiger partial charge in [0, 0.05) is 6.54 Å². The molecule has 1 N–H and O–H groups in total. The summed E-state index contributed by atoms with van der Waals surface area (Å²) in [7, 11) is 0. The summed E-state index contributed by atoms with van der Waals surface area (Å²) >= 11 is 0. The Bertz CT molecular complexity index is 285. The highest BCUT2D eigenvalue weighted by Gasteiger charge is 1.95. The molecule has 3 nitrogen and oxygen atoms in total. The van der Waals surface area contributed by atoms with E-state index >= 15 is 0 Å². The number of likely N-dealkylation sites (N-methyl/N-ethyl adjacent to an activating group) is 1. The third kappa shape index (κ3) is 6.29. The number of hydrogen-bond acceptors (Lipinski definition) is 3. The second-order valence-corrected chi connectivity index (χ2v) is 3.79. The highest BCUT2D eigenvalue weighted by atomic mass is 16.5. The number of benzene rings is 1. The van der Waals surface area contributed by atoms with Crippen molar-refractivity contribution in [2.75, 3.05) is 32.9 Å². The van der Waals surface area contributed by atoms with E-state index in [1.54, 1.807) is 0 Å². The van der Waals surface area contributed by atoms with Crippen molar-refractivity contribution < 1.29 is 9.47 Å². The number of hydrogen-bond donors (Lipinski definition) is 1. The van der Waals surface area contributed by atoms with E-state index in [2.05, 4.69) is 24.4 Å². The molecule has 0 atom stereocenters. The van der Waals surface area contributed by atoms with Gasteiger partial charge >= 0.3 is 0 Å². The van der Waals surface area contributed by atoms with Crippen LogP contribution in [-0.4, -0.2) is 32.9 Å². The molecule has 0 unspecified atom stereocenters. The Balaban J connectivity index is 2.14. The number of rotatable bonds is 9. The lowest BCUT2D eigenvalue weighted by molar-refractivity contribution is 0.139. The predicted molar refractivity (Wildman–Crippen MR) is 70.7 cm³/mol. The lowest BCUT2D eigenvalue weighted by atomic mass is 10.1. The minimum atomic E-state index is 0.715. The second kappa shape index (κ2) is 9.02. The van der Waals surface area contributed by atoms with Crippen molar-refractivity contribution in [3.63, 3.8) is 0 Å². The summed E-state index contributed by atoms with van der Waals surface area (Å²) in [6, 6.07) is 8.21. The van der Waals surface area contributed by atoms with Crippen molar-refractivity contribution >= 4 is 0 Å². The molecule has 0 saturated heterocycles. The molecule has 3 heteroatoms. The first-order valence-corrected chi connectivity index (χ1v) is 6.37. The fraction of sp³-hybridized carbons (Fsp3) is 0.571. The number of ether oxygens (including phenoxy) is 2. The predicted octanol–water partition coefficient (Wildman–Crippen LogP) is 2.25. The van der Waals surface area contributed by atoms with E-state index in [-0.39, 0.29) is 0 Å². The zero-order chi connectivity index (χ0) is 12.3. The molecule has 0 fully saturated rings. The molecule has 0 aliphatic rings. The van der Waals surface area contributed by atoms with E-state index in [4.69, 9.17) is 9.47 Å². The Labute approximate surface area is 104 Å². The van der Waals surface area contributed by atoms with Gasteiger partial charge in [-0.15, -0.1) is 0 Å². The van der Waals surface area contributed by atoms with Gasteiger partial charge in [0.2, 0.25) is 0 Å². The van der Waals surface area contributed by atoms with Crippen molar-refractivity contribution in [2.45, 2.75) is 20.3 Å². The summed E-state index contributed by atoms with van der Waals surface area (Å²) in [5, 5.41) is 3.23. The lowest BCUT2D eigenvalue weighted by Crippen LogP contribution is -2.19. The van der Waals surface area contributed by atoms with Gasteiger partial charge in [0.05, 0.1) is 19.8 Å². The van der Waals surface area contributed by atoms with Crippen molar-refractivity contribution in [1.82, 2.24) is 5.32 Å². The standard InChI is InChI=1S/C14H23NO2/c1-3-15-10-12-16-11-9-13-5-7-14(8-6-13)17-4-2/h5-8,15H,3-4,9-12H2,1-2H3. The Kier molecular flexibility index (Phi) is 7.43. The molecule has 0 bridgehead atoms. The molecule has 0 heterocycles. The second-order valence-electron chi connectivity index (χ2n) is 3.79. The third-order valence-corrected chi connectivity index (χ3v) is 2.44. The van der Waals surface area contributed by atoms with Crippen LogP contribution in [0.25, 0.3) is 0 Å². The molecule has 0 amide bonds. The molecule has 1 aromatic carbocycles. The van der Waals surface area contributed by atoms with Crippen LogP contribution >= 0.6 is 0 Å². The average Bonchev–Trinajstić information content (AvgIpc) is 2.36. The highest BCUT2D eigenvalue weighted by molar-refractivity contribution is 5.27. The monoisotopic (exact) mass is 237 g/mol. The maximum absolute atomic E-state index is 5.52. The van der Waals surface area contributed by atoms with Gasteiger partial charge in [-0.3, -0.25) is 0 Å². The highest BCUT2D eigenvalue weighted by Crippen LogP contribution is 2.12. The maximum atomic E-state index is 5.52. The van der Waals surface area contributed by atoms with Crippen molar-refractivity contribution in [2.24, 2.45) is 0 Å². The lowest BCUT2D eigenvalue weighted by Gasteiger charge is -2.06. The normalized spacial score (nSPS) is 10.5. The van der Waals surface area contributed by atoms with Gasteiger partial charge in [0.25, 0.3) is 0 Å². The average molecular weight is 237 g/mol. The van der Waals surface area contributed by atoms with Crippen molar-refractivity contribution in [1.29, 1.82) is 0 Å². The summed E-state index contributed by atoms with van der Waals surface area (Å²) in [5.74, 6) is 0.935. The Morgan fingerprint density at radius 2 is 1.82 bits per heavy atom. The summed E-state index contributed by atoms with van der Waals surface area (Å²) in [5.41, 5.74) is 1.29. The minimum Gasteiger partial charge on any atom is -0.494 e. The first-order chi connectivity index (χ1) is 8.36. The first-order valence-electron chi connectivity index (χ1n) is 6.37. The van der Waals surface area contributed by atoms with Crippen LogP contribution in [0.1, 0.15) is 19.4 Å². The van der Waals surface area contributed by atoms with Gasteiger partial charge in [-0.05, 0) is 37.6 Å². The molecule has 0 spiro atoms. The summed E-state index contributed by atoms with van der Waals surface area (Å²) < 4.78 is 10.9. The van der Waals surface area contributed by atoms with Gasteiger partial charge < -0.3 is 14.8 Å². The van der Waals surface area contributed by atoms with Crippen molar-refractivity contribution in [3.05, 3.63) is 29.8 Å².